The van der Waals surface area contributed by atoms with E-state index in [9.17, 15) is 9.90 Å². The summed E-state index contributed by atoms with van der Waals surface area (Å²) in [4.78, 5) is 16.6. The maximum Gasteiger partial charge on any atom is 0.255 e. The number of rotatable bonds is 4. The van der Waals surface area contributed by atoms with Gasteiger partial charge in [0.15, 0.2) is 0 Å². The Balaban J connectivity index is 1.68. The molecule has 0 fully saturated rings. The van der Waals surface area contributed by atoms with Crippen LogP contribution in [0.25, 0.3) is 0 Å². The summed E-state index contributed by atoms with van der Waals surface area (Å²) in [5.74, 6) is 0.741. The quantitative estimate of drug-likeness (QED) is 0.911. The lowest BCUT2D eigenvalue weighted by Gasteiger charge is -2.06. The van der Waals surface area contributed by atoms with Crippen molar-refractivity contribution in [3.8, 4) is 11.5 Å². The Morgan fingerprint density at radius 3 is 2.48 bits per heavy atom. The molecule has 0 bridgehead atoms. The van der Waals surface area contributed by atoms with Gasteiger partial charge in [-0.25, -0.2) is 0 Å². The van der Waals surface area contributed by atoms with Crippen LogP contribution in [0.2, 0.25) is 0 Å². The first-order valence-electron chi connectivity index (χ1n) is 7.15. The molecule has 0 unspecified atom stereocenters. The van der Waals surface area contributed by atoms with E-state index < -0.39 is 0 Å². The van der Waals surface area contributed by atoms with E-state index in [1.165, 1.54) is 0 Å². The number of hydrogen-bond acceptors (Lipinski definition) is 4. The van der Waals surface area contributed by atoms with Crippen molar-refractivity contribution in [3.63, 3.8) is 0 Å². The minimum absolute atomic E-state index is 0.180. The molecule has 0 aromatic heterocycles. The molecule has 23 heavy (non-hydrogen) atoms. The summed E-state index contributed by atoms with van der Waals surface area (Å²) in [5, 5.41) is 12.2. The average Bonchev–Trinajstić information content (AvgIpc) is 3.04. The number of aliphatic imine (C=N–C) groups is 1. The van der Waals surface area contributed by atoms with E-state index in [1.807, 2.05) is 6.08 Å². The van der Waals surface area contributed by atoms with Gasteiger partial charge in [0.05, 0.1) is 19.4 Å². The summed E-state index contributed by atoms with van der Waals surface area (Å²) < 4.78 is 5.07. The minimum Gasteiger partial charge on any atom is -0.508 e. The first-order valence-corrected chi connectivity index (χ1v) is 7.15. The van der Waals surface area contributed by atoms with Gasteiger partial charge >= 0.3 is 0 Å². The molecule has 2 aromatic rings. The van der Waals surface area contributed by atoms with E-state index in [2.05, 4.69) is 10.3 Å². The van der Waals surface area contributed by atoms with Crippen molar-refractivity contribution in [1.29, 1.82) is 0 Å². The second-order valence-corrected chi connectivity index (χ2v) is 5.10. The van der Waals surface area contributed by atoms with Crippen LogP contribution in [0.3, 0.4) is 0 Å². The standard InChI is InChI=1S/C18H16N2O3/c1-23-16-8-4-13(5-9-16)18(22)20-14-10-17(19-11-14)12-2-6-15(21)7-3-12/h2-10,21H,11H2,1H3,(H,20,22). The van der Waals surface area contributed by atoms with Crippen LogP contribution in [0.4, 0.5) is 0 Å². The van der Waals surface area contributed by atoms with E-state index in [0.717, 1.165) is 17.0 Å². The summed E-state index contributed by atoms with van der Waals surface area (Å²) >= 11 is 0. The maximum atomic E-state index is 12.2. The topological polar surface area (TPSA) is 70.9 Å². The summed E-state index contributed by atoms with van der Waals surface area (Å²) in [5.41, 5.74) is 2.99. The number of allylic oxidation sites excluding steroid dienone is 1. The van der Waals surface area contributed by atoms with Crippen LogP contribution < -0.4 is 10.1 Å². The van der Waals surface area contributed by atoms with Gasteiger partial charge in [-0.05, 0) is 60.2 Å². The van der Waals surface area contributed by atoms with Crippen molar-refractivity contribution in [2.75, 3.05) is 13.7 Å². The highest BCUT2D eigenvalue weighted by Gasteiger charge is 2.14. The van der Waals surface area contributed by atoms with Gasteiger partial charge in [0, 0.05) is 11.3 Å². The van der Waals surface area contributed by atoms with Crippen molar-refractivity contribution in [2.45, 2.75) is 0 Å². The number of aromatic hydroxyl groups is 1. The first-order chi connectivity index (χ1) is 11.2. The zero-order chi connectivity index (χ0) is 16.2. The molecule has 1 aliphatic rings. The molecule has 0 saturated heterocycles. The van der Waals surface area contributed by atoms with Gasteiger partial charge in [-0.15, -0.1) is 0 Å². The number of ether oxygens (including phenoxy) is 1. The monoisotopic (exact) mass is 308 g/mol. The molecule has 1 aliphatic heterocycles. The number of nitrogens with zero attached hydrogens (tertiary/aromatic N) is 1. The SMILES string of the molecule is COc1ccc(C(=O)NC2=CC(c3ccc(O)cc3)=NC2)cc1. The van der Waals surface area contributed by atoms with Crippen LogP contribution in [-0.4, -0.2) is 30.4 Å². The molecule has 0 aliphatic carbocycles. The Labute approximate surface area is 133 Å². The predicted octanol–water partition coefficient (Wildman–Crippen LogP) is 2.52. The second kappa shape index (κ2) is 6.36. The van der Waals surface area contributed by atoms with Crippen LogP contribution in [0.5, 0.6) is 11.5 Å². The normalized spacial score (nSPS) is 13.3. The number of hydrogen-bond donors (Lipinski definition) is 2. The van der Waals surface area contributed by atoms with Gasteiger partial charge in [-0.3, -0.25) is 9.79 Å². The van der Waals surface area contributed by atoms with E-state index >= 15 is 0 Å². The fraction of sp³-hybridized carbons (Fsp3) is 0.111. The zero-order valence-corrected chi connectivity index (χ0v) is 12.6. The van der Waals surface area contributed by atoms with Crippen molar-refractivity contribution in [3.05, 3.63) is 71.4 Å². The molecule has 3 rings (SSSR count). The van der Waals surface area contributed by atoms with Gasteiger partial charge in [0.1, 0.15) is 11.5 Å². The summed E-state index contributed by atoms with van der Waals surface area (Å²) in [6.45, 7) is 0.429. The van der Waals surface area contributed by atoms with Crippen LogP contribution >= 0.6 is 0 Å². The van der Waals surface area contributed by atoms with E-state index in [4.69, 9.17) is 4.74 Å². The summed E-state index contributed by atoms with van der Waals surface area (Å²) in [6, 6.07) is 13.7. The van der Waals surface area contributed by atoms with Crippen molar-refractivity contribution in [2.24, 2.45) is 4.99 Å². The lowest BCUT2D eigenvalue weighted by atomic mass is 10.1. The number of nitrogens with one attached hydrogen (secondary N) is 1. The highest BCUT2D eigenvalue weighted by atomic mass is 16.5. The van der Waals surface area contributed by atoms with Crippen molar-refractivity contribution >= 4 is 11.6 Å². The second-order valence-electron chi connectivity index (χ2n) is 5.10. The van der Waals surface area contributed by atoms with Gasteiger partial charge in [-0.1, -0.05) is 0 Å². The van der Waals surface area contributed by atoms with Crippen molar-refractivity contribution < 1.29 is 14.6 Å². The largest absolute Gasteiger partial charge is 0.508 e. The van der Waals surface area contributed by atoms with Crippen LogP contribution in [0.15, 0.2) is 65.3 Å². The van der Waals surface area contributed by atoms with Crippen LogP contribution in [-0.2, 0) is 0 Å². The van der Waals surface area contributed by atoms with Gasteiger partial charge < -0.3 is 15.2 Å². The average molecular weight is 308 g/mol. The van der Waals surface area contributed by atoms with Gasteiger partial charge in [0.25, 0.3) is 5.91 Å². The lowest BCUT2D eigenvalue weighted by molar-refractivity contribution is 0.0965. The molecule has 0 atom stereocenters. The fourth-order valence-corrected chi connectivity index (χ4v) is 2.27. The molecule has 2 aromatic carbocycles. The number of phenols is 1. The number of carbonyl (C=O) groups is 1. The fourth-order valence-electron chi connectivity index (χ4n) is 2.27. The number of phenolic OH excluding ortho intramolecular Hbond substituents is 1. The van der Waals surface area contributed by atoms with Crippen molar-refractivity contribution in [1.82, 2.24) is 5.32 Å². The number of benzene rings is 2. The van der Waals surface area contributed by atoms with E-state index in [-0.39, 0.29) is 11.7 Å². The third-order valence-corrected chi connectivity index (χ3v) is 3.52. The Morgan fingerprint density at radius 1 is 1.13 bits per heavy atom. The molecule has 2 N–H and O–H groups in total. The molecule has 0 radical (unpaired) electrons. The van der Waals surface area contributed by atoms with E-state index in [0.29, 0.717) is 17.9 Å². The Morgan fingerprint density at radius 2 is 1.83 bits per heavy atom. The molecule has 0 saturated carbocycles. The highest BCUT2D eigenvalue weighted by molar-refractivity contribution is 6.11. The van der Waals surface area contributed by atoms with E-state index in [1.54, 1.807) is 55.6 Å². The summed E-state index contributed by atoms with van der Waals surface area (Å²) in [7, 11) is 1.58. The summed E-state index contributed by atoms with van der Waals surface area (Å²) in [6.07, 6.45) is 1.84. The Kier molecular flexibility index (Phi) is 4.10. The third kappa shape index (κ3) is 3.40. The first kappa shape index (κ1) is 14.8. The highest BCUT2D eigenvalue weighted by Crippen LogP contribution is 2.16. The Bertz CT molecular complexity index is 775. The Hall–Kier alpha value is -3.08. The molecule has 1 heterocycles. The maximum absolute atomic E-state index is 12.2. The molecule has 0 spiro atoms. The molecule has 116 valence electrons. The van der Waals surface area contributed by atoms with Gasteiger partial charge in [-0.2, -0.15) is 0 Å². The molecule has 5 heteroatoms. The molecule has 1 amide bonds. The number of carbonyl (C=O) groups excluding carboxylic acids is 1. The predicted molar refractivity (Wildman–Crippen MR) is 88.1 cm³/mol. The number of methoxy groups -OCH3 is 1. The molecular formula is C18H16N2O3. The zero-order valence-electron chi connectivity index (χ0n) is 12.6. The van der Waals surface area contributed by atoms with Crippen LogP contribution in [0.1, 0.15) is 15.9 Å². The van der Waals surface area contributed by atoms with Crippen LogP contribution in [0, 0.1) is 0 Å². The number of amides is 1. The van der Waals surface area contributed by atoms with Gasteiger partial charge in [0.2, 0.25) is 0 Å². The lowest BCUT2D eigenvalue weighted by Crippen LogP contribution is -2.23. The smallest absolute Gasteiger partial charge is 0.255 e. The minimum atomic E-state index is -0.180. The molecule has 5 nitrogen and oxygen atoms in total. The third-order valence-electron chi connectivity index (χ3n) is 3.52. The molecular weight excluding hydrogens is 292 g/mol.